The van der Waals surface area contributed by atoms with Gasteiger partial charge in [0.15, 0.2) is 0 Å². The lowest BCUT2D eigenvalue weighted by atomic mass is 9.77. The molecule has 2 saturated heterocycles. The van der Waals surface area contributed by atoms with Crippen LogP contribution in [0.5, 0.6) is 0 Å². The quantitative estimate of drug-likeness (QED) is 0.754. The van der Waals surface area contributed by atoms with Gasteiger partial charge in [-0.15, -0.1) is 0 Å². The van der Waals surface area contributed by atoms with Crippen molar-refractivity contribution in [1.29, 1.82) is 5.26 Å². The zero-order chi connectivity index (χ0) is 12.7. The third kappa shape index (κ3) is 1.74. The fraction of sp³-hybridized carbons (Fsp3) is 0.562. The Labute approximate surface area is 109 Å². The summed E-state index contributed by atoms with van der Waals surface area (Å²) in [5, 5.41) is 9.54. The van der Waals surface area contributed by atoms with E-state index in [0.29, 0.717) is 18.0 Å². The summed E-state index contributed by atoms with van der Waals surface area (Å²) in [4.78, 5) is 2.44. The molecule has 0 N–H and O–H groups in total. The molecule has 3 unspecified atom stereocenters. The number of rotatable bonds is 1. The zero-order valence-corrected chi connectivity index (χ0v) is 11.1. The van der Waals surface area contributed by atoms with Gasteiger partial charge in [-0.25, -0.2) is 0 Å². The van der Waals surface area contributed by atoms with E-state index in [4.69, 9.17) is 0 Å². The normalized spacial score (nSPS) is 35.4. The van der Waals surface area contributed by atoms with Crippen LogP contribution >= 0.6 is 0 Å². The summed E-state index contributed by atoms with van der Waals surface area (Å²) in [6.07, 6.45) is 3.61. The summed E-state index contributed by atoms with van der Waals surface area (Å²) in [5.41, 5.74) is 2.65. The van der Waals surface area contributed by atoms with Crippen molar-refractivity contribution < 1.29 is 0 Å². The first-order valence-corrected chi connectivity index (χ1v) is 6.89. The van der Waals surface area contributed by atoms with Crippen molar-refractivity contribution in [2.75, 3.05) is 7.05 Å². The molecule has 0 saturated carbocycles. The highest BCUT2D eigenvalue weighted by Crippen LogP contribution is 2.45. The number of piperidine rings is 1. The maximum Gasteiger partial charge on any atom is 0.0687 e. The van der Waals surface area contributed by atoms with E-state index in [1.165, 1.54) is 24.0 Å². The molecule has 2 aliphatic heterocycles. The van der Waals surface area contributed by atoms with Crippen LogP contribution < -0.4 is 0 Å². The highest BCUT2D eigenvalue weighted by molar-refractivity contribution is 5.28. The Morgan fingerprint density at radius 2 is 1.94 bits per heavy atom. The van der Waals surface area contributed by atoms with Gasteiger partial charge in [-0.05, 0) is 38.8 Å². The summed E-state index contributed by atoms with van der Waals surface area (Å²) < 4.78 is 0. The molecular weight excluding hydrogens is 220 g/mol. The predicted octanol–water partition coefficient (Wildman–Crippen LogP) is 3.08. The predicted molar refractivity (Wildman–Crippen MR) is 72.2 cm³/mol. The number of hydrogen-bond acceptors (Lipinski definition) is 2. The number of benzene rings is 1. The van der Waals surface area contributed by atoms with Crippen molar-refractivity contribution in [3.63, 3.8) is 0 Å². The van der Waals surface area contributed by atoms with Crippen molar-refractivity contribution in [2.45, 2.75) is 44.2 Å². The standard InChI is InChI=1S/C16H20N2/c1-11-3-5-12(6-4-11)14-9-13-7-8-16(18(13)2)15(14)10-17/h3-6,13-16H,7-9H2,1-2H3/t13?,14-,15?,16?/m1/s1. The topological polar surface area (TPSA) is 27.0 Å². The van der Waals surface area contributed by atoms with Crippen LogP contribution in [-0.2, 0) is 0 Å². The van der Waals surface area contributed by atoms with Crippen molar-refractivity contribution >= 4 is 0 Å². The molecule has 94 valence electrons. The van der Waals surface area contributed by atoms with Gasteiger partial charge in [-0.2, -0.15) is 5.26 Å². The molecule has 2 heterocycles. The monoisotopic (exact) mass is 240 g/mol. The van der Waals surface area contributed by atoms with Crippen LogP contribution in [0.25, 0.3) is 0 Å². The fourth-order valence-corrected chi connectivity index (χ4v) is 3.80. The SMILES string of the molecule is Cc1ccc([C@H]2CC3CCC(C2C#N)N3C)cc1. The molecule has 2 nitrogen and oxygen atoms in total. The molecule has 2 fully saturated rings. The number of nitrogens with zero attached hydrogens (tertiary/aromatic N) is 2. The van der Waals surface area contributed by atoms with Gasteiger partial charge in [0.2, 0.25) is 0 Å². The van der Waals surface area contributed by atoms with Crippen molar-refractivity contribution in [2.24, 2.45) is 5.92 Å². The Kier molecular flexibility index (Phi) is 2.87. The largest absolute Gasteiger partial charge is 0.299 e. The first-order chi connectivity index (χ1) is 8.70. The smallest absolute Gasteiger partial charge is 0.0687 e. The van der Waals surface area contributed by atoms with E-state index in [-0.39, 0.29) is 5.92 Å². The minimum Gasteiger partial charge on any atom is -0.299 e. The molecule has 0 amide bonds. The second-order valence-electron chi connectivity index (χ2n) is 5.87. The van der Waals surface area contributed by atoms with Crippen LogP contribution in [0.15, 0.2) is 24.3 Å². The van der Waals surface area contributed by atoms with Crippen LogP contribution in [0.1, 0.15) is 36.3 Å². The van der Waals surface area contributed by atoms with E-state index in [9.17, 15) is 5.26 Å². The maximum absolute atomic E-state index is 9.54. The Hall–Kier alpha value is -1.33. The van der Waals surface area contributed by atoms with Crippen LogP contribution in [0.4, 0.5) is 0 Å². The van der Waals surface area contributed by atoms with Crippen LogP contribution in [0.3, 0.4) is 0 Å². The Morgan fingerprint density at radius 1 is 1.22 bits per heavy atom. The lowest BCUT2D eigenvalue weighted by Crippen LogP contribution is -2.45. The van der Waals surface area contributed by atoms with Gasteiger partial charge in [-0.1, -0.05) is 29.8 Å². The molecule has 2 bridgehead atoms. The average Bonchev–Trinajstić information content (AvgIpc) is 2.63. The second kappa shape index (κ2) is 4.40. The first-order valence-electron chi connectivity index (χ1n) is 6.89. The summed E-state index contributed by atoms with van der Waals surface area (Å²) >= 11 is 0. The summed E-state index contributed by atoms with van der Waals surface area (Å²) in [7, 11) is 2.19. The van der Waals surface area contributed by atoms with Crippen molar-refractivity contribution in [3.05, 3.63) is 35.4 Å². The molecule has 0 aromatic heterocycles. The summed E-state index contributed by atoms with van der Waals surface area (Å²) in [6, 6.07) is 12.5. The van der Waals surface area contributed by atoms with Gasteiger partial charge >= 0.3 is 0 Å². The van der Waals surface area contributed by atoms with Gasteiger partial charge in [0.05, 0.1) is 12.0 Å². The Morgan fingerprint density at radius 3 is 2.61 bits per heavy atom. The highest BCUT2D eigenvalue weighted by atomic mass is 15.2. The molecule has 4 atom stereocenters. The van der Waals surface area contributed by atoms with Gasteiger partial charge in [0.1, 0.15) is 0 Å². The summed E-state index contributed by atoms with van der Waals surface area (Å²) in [6.45, 7) is 2.11. The van der Waals surface area contributed by atoms with E-state index in [2.05, 4.69) is 49.2 Å². The van der Waals surface area contributed by atoms with E-state index in [1.807, 2.05) is 0 Å². The van der Waals surface area contributed by atoms with E-state index >= 15 is 0 Å². The minimum atomic E-state index is 0.163. The number of aryl methyl sites for hydroxylation is 1. The molecule has 0 radical (unpaired) electrons. The van der Waals surface area contributed by atoms with Gasteiger partial charge < -0.3 is 0 Å². The average molecular weight is 240 g/mol. The zero-order valence-electron chi connectivity index (χ0n) is 11.1. The molecular formula is C16H20N2. The van der Waals surface area contributed by atoms with Crippen LogP contribution in [0.2, 0.25) is 0 Å². The minimum absolute atomic E-state index is 0.163. The van der Waals surface area contributed by atoms with Gasteiger partial charge in [0.25, 0.3) is 0 Å². The number of nitriles is 1. The molecule has 0 spiro atoms. The Bertz CT molecular complexity index is 471. The van der Waals surface area contributed by atoms with E-state index < -0.39 is 0 Å². The fourth-order valence-electron chi connectivity index (χ4n) is 3.80. The molecule has 3 rings (SSSR count). The first kappa shape index (κ1) is 11.7. The van der Waals surface area contributed by atoms with Crippen LogP contribution in [-0.4, -0.2) is 24.0 Å². The second-order valence-corrected chi connectivity index (χ2v) is 5.87. The third-order valence-corrected chi connectivity index (χ3v) is 4.92. The number of hydrogen-bond donors (Lipinski definition) is 0. The van der Waals surface area contributed by atoms with E-state index in [1.54, 1.807) is 0 Å². The van der Waals surface area contributed by atoms with Crippen LogP contribution in [0, 0.1) is 24.2 Å². The molecule has 18 heavy (non-hydrogen) atoms. The molecule has 0 aliphatic carbocycles. The lowest BCUT2D eigenvalue weighted by Gasteiger charge is -2.40. The highest BCUT2D eigenvalue weighted by Gasteiger charge is 2.45. The molecule has 1 aromatic carbocycles. The molecule has 2 heteroatoms. The van der Waals surface area contributed by atoms with Gasteiger partial charge in [-0.3, -0.25) is 4.90 Å². The molecule has 1 aromatic rings. The maximum atomic E-state index is 9.54. The molecule has 2 aliphatic rings. The third-order valence-electron chi connectivity index (χ3n) is 4.92. The summed E-state index contributed by atoms with van der Waals surface area (Å²) in [5.74, 6) is 0.598. The Balaban J connectivity index is 1.93. The number of fused-ring (bicyclic) bond motifs is 2. The van der Waals surface area contributed by atoms with Gasteiger partial charge in [0, 0.05) is 18.0 Å². The lowest BCUT2D eigenvalue weighted by molar-refractivity contribution is 0.127. The van der Waals surface area contributed by atoms with Crippen molar-refractivity contribution in [1.82, 2.24) is 4.90 Å². The van der Waals surface area contributed by atoms with Crippen molar-refractivity contribution in [3.8, 4) is 6.07 Å². The van der Waals surface area contributed by atoms with E-state index in [0.717, 1.165) is 6.42 Å².